The third-order valence-electron chi connectivity index (χ3n) is 2.70. The predicted molar refractivity (Wildman–Crippen MR) is 83.7 cm³/mol. The van der Waals surface area contributed by atoms with Crippen molar-refractivity contribution < 1.29 is 9.59 Å². The number of carbonyl (C=O) groups is 2. The maximum atomic E-state index is 11.8. The van der Waals surface area contributed by atoms with Gasteiger partial charge in [0, 0.05) is 30.2 Å². The lowest BCUT2D eigenvalue weighted by atomic mass is 10.3. The van der Waals surface area contributed by atoms with Crippen molar-refractivity contribution in [3.63, 3.8) is 0 Å². The van der Waals surface area contributed by atoms with Crippen LogP contribution in [0.25, 0.3) is 0 Å². The van der Waals surface area contributed by atoms with Crippen LogP contribution in [0.4, 0.5) is 5.69 Å². The quantitative estimate of drug-likeness (QED) is 0.852. The van der Waals surface area contributed by atoms with Crippen molar-refractivity contribution in [1.29, 1.82) is 0 Å². The van der Waals surface area contributed by atoms with Crippen molar-refractivity contribution >= 4 is 33.4 Å². The first kappa shape index (κ1) is 16.7. The third-order valence-corrected chi connectivity index (χ3v) is 3.23. The van der Waals surface area contributed by atoms with Crippen molar-refractivity contribution in [3.05, 3.63) is 28.7 Å². The SMILES string of the molecule is CC(=O)N(CC(=O)NCCN(C)C)c1ccc(Br)cc1. The topological polar surface area (TPSA) is 52.7 Å². The fourth-order valence-corrected chi connectivity index (χ4v) is 1.89. The van der Waals surface area contributed by atoms with E-state index < -0.39 is 0 Å². The summed E-state index contributed by atoms with van der Waals surface area (Å²) in [5.41, 5.74) is 0.712. The van der Waals surface area contributed by atoms with E-state index in [0.717, 1.165) is 11.0 Å². The molecule has 0 aliphatic heterocycles. The van der Waals surface area contributed by atoms with E-state index in [4.69, 9.17) is 0 Å². The van der Waals surface area contributed by atoms with Crippen LogP contribution in [0.2, 0.25) is 0 Å². The standard InChI is InChI=1S/C14H20BrN3O2/c1-11(19)18(13-6-4-12(15)5-7-13)10-14(20)16-8-9-17(2)3/h4-7H,8-10H2,1-3H3,(H,16,20). The minimum absolute atomic E-state index is 0.0321. The molecule has 0 aromatic heterocycles. The van der Waals surface area contributed by atoms with Crippen molar-refractivity contribution in [3.8, 4) is 0 Å². The Morgan fingerprint density at radius 2 is 1.80 bits per heavy atom. The molecule has 6 heteroatoms. The average molecular weight is 342 g/mol. The summed E-state index contributed by atoms with van der Waals surface area (Å²) < 4.78 is 0.931. The molecule has 0 atom stereocenters. The van der Waals surface area contributed by atoms with Crippen molar-refractivity contribution in [2.24, 2.45) is 0 Å². The van der Waals surface area contributed by atoms with E-state index in [1.54, 1.807) is 12.1 Å². The molecule has 0 aliphatic rings. The van der Waals surface area contributed by atoms with E-state index >= 15 is 0 Å². The van der Waals surface area contributed by atoms with Crippen LogP contribution >= 0.6 is 15.9 Å². The zero-order valence-electron chi connectivity index (χ0n) is 12.0. The summed E-state index contributed by atoms with van der Waals surface area (Å²) in [6.07, 6.45) is 0. The Morgan fingerprint density at radius 1 is 1.20 bits per heavy atom. The van der Waals surface area contributed by atoms with Crippen molar-refractivity contribution in [2.75, 3.05) is 38.6 Å². The highest BCUT2D eigenvalue weighted by atomic mass is 79.9. The second-order valence-corrected chi connectivity index (χ2v) is 5.65. The van der Waals surface area contributed by atoms with Crippen molar-refractivity contribution in [1.82, 2.24) is 10.2 Å². The number of nitrogens with zero attached hydrogens (tertiary/aromatic N) is 2. The number of halogens is 1. The second-order valence-electron chi connectivity index (χ2n) is 4.73. The van der Waals surface area contributed by atoms with Gasteiger partial charge in [0.25, 0.3) is 0 Å². The van der Waals surface area contributed by atoms with Gasteiger partial charge in [-0.25, -0.2) is 0 Å². The van der Waals surface area contributed by atoms with Gasteiger partial charge in [0.2, 0.25) is 11.8 Å². The average Bonchev–Trinajstić information content (AvgIpc) is 2.36. The van der Waals surface area contributed by atoms with Gasteiger partial charge in [0.15, 0.2) is 0 Å². The van der Waals surface area contributed by atoms with Gasteiger partial charge in [-0.05, 0) is 38.4 Å². The predicted octanol–water partition coefficient (Wildman–Crippen LogP) is 1.48. The molecule has 2 amide bonds. The monoisotopic (exact) mass is 341 g/mol. The lowest BCUT2D eigenvalue weighted by molar-refractivity contribution is -0.123. The molecular weight excluding hydrogens is 322 g/mol. The number of anilines is 1. The van der Waals surface area contributed by atoms with Gasteiger partial charge in [-0.1, -0.05) is 15.9 Å². The van der Waals surface area contributed by atoms with E-state index in [0.29, 0.717) is 12.2 Å². The van der Waals surface area contributed by atoms with Gasteiger partial charge in [-0.2, -0.15) is 0 Å². The van der Waals surface area contributed by atoms with Gasteiger partial charge in [0.05, 0.1) is 0 Å². The van der Waals surface area contributed by atoms with Crippen LogP contribution in [0.3, 0.4) is 0 Å². The molecule has 1 N–H and O–H groups in total. The van der Waals surface area contributed by atoms with E-state index in [-0.39, 0.29) is 18.4 Å². The first-order chi connectivity index (χ1) is 9.40. The number of hydrogen-bond donors (Lipinski definition) is 1. The van der Waals surface area contributed by atoms with Crippen LogP contribution in [-0.2, 0) is 9.59 Å². The van der Waals surface area contributed by atoms with E-state index in [1.807, 2.05) is 31.1 Å². The Labute approximate surface area is 128 Å². The molecule has 0 heterocycles. The van der Waals surface area contributed by atoms with E-state index in [2.05, 4.69) is 21.2 Å². The molecule has 0 saturated carbocycles. The van der Waals surface area contributed by atoms with Gasteiger partial charge in [-0.3, -0.25) is 9.59 Å². The molecule has 0 radical (unpaired) electrons. The van der Waals surface area contributed by atoms with Gasteiger partial charge >= 0.3 is 0 Å². The molecular formula is C14H20BrN3O2. The third kappa shape index (κ3) is 5.71. The lowest BCUT2D eigenvalue weighted by Crippen LogP contribution is -2.41. The minimum Gasteiger partial charge on any atom is -0.353 e. The van der Waals surface area contributed by atoms with E-state index in [9.17, 15) is 9.59 Å². The number of rotatable bonds is 6. The molecule has 20 heavy (non-hydrogen) atoms. The molecule has 1 rings (SSSR count). The minimum atomic E-state index is -0.162. The number of carbonyl (C=O) groups excluding carboxylic acids is 2. The smallest absolute Gasteiger partial charge is 0.240 e. The molecule has 5 nitrogen and oxygen atoms in total. The molecule has 1 aromatic rings. The summed E-state index contributed by atoms with van der Waals surface area (Å²) in [4.78, 5) is 27.0. The fraction of sp³-hybridized carbons (Fsp3) is 0.429. The van der Waals surface area contributed by atoms with Crippen molar-refractivity contribution in [2.45, 2.75) is 6.92 Å². The fourth-order valence-electron chi connectivity index (χ4n) is 1.62. The van der Waals surface area contributed by atoms with E-state index in [1.165, 1.54) is 11.8 Å². The van der Waals surface area contributed by atoms with Crippen LogP contribution in [-0.4, -0.2) is 50.4 Å². The Hall–Kier alpha value is -1.40. The number of benzene rings is 1. The molecule has 0 unspecified atom stereocenters. The number of hydrogen-bond acceptors (Lipinski definition) is 3. The summed E-state index contributed by atoms with van der Waals surface area (Å²) >= 11 is 3.34. The Morgan fingerprint density at radius 3 is 2.30 bits per heavy atom. The highest BCUT2D eigenvalue weighted by Crippen LogP contribution is 2.18. The van der Waals surface area contributed by atoms with Crippen LogP contribution in [0.5, 0.6) is 0 Å². The van der Waals surface area contributed by atoms with Gasteiger partial charge in [0.1, 0.15) is 6.54 Å². The van der Waals surface area contributed by atoms with Crippen LogP contribution < -0.4 is 10.2 Å². The summed E-state index contributed by atoms with van der Waals surface area (Å²) in [6, 6.07) is 7.29. The lowest BCUT2D eigenvalue weighted by Gasteiger charge is -2.21. The number of nitrogens with one attached hydrogen (secondary N) is 1. The summed E-state index contributed by atoms with van der Waals surface area (Å²) in [7, 11) is 3.88. The summed E-state index contributed by atoms with van der Waals surface area (Å²) in [5, 5.41) is 2.80. The second kappa shape index (κ2) is 8.01. The zero-order valence-corrected chi connectivity index (χ0v) is 13.6. The van der Waals surface area contributed by atoms with Gasteiger partial charge < -0.3 is 15.1 Å². The normalized spacial score (nSPS) is 10.4. The Bertz CT molecular complexity index is 460. The highest BCUT2D eigenvalue weighted by Gasteiger charge is 2.15. The van der Waals surface area contributed by atoms with Gasteiger partial charge in [-0.15, -0.1) is 0 Å². The molecule has 0 fully saturated rings. The molecule has 110 valence electrons. The first-order valence-corrected chi connectivity index (χ1v) is 7.14. The molecule has 1 aromatic carbocycles. The summed E-state index contributed by atoms with van der Waals surface area (Å²) in [6.45, 7) is 2.82. The summed E-state index contributed by atoms with van der Waals surface area (Å²) in [5.74, 6) is -0.319. The molecule has 0 spiro atoms. The van der Waals surface area contributed by atoms with Crippen LogP contribution in [0.15, 0.2) is 28.7 Å². The largest absolute Gasteiger partial charge is 0.353 e. The molecule has 0 saturated heterocycles. The Balaban J connectivity index is 2.61. The zero-order chi connectivity index (χ0) is 15.1. The Kier molecular flexibility index (Phi) is 6.67. The number of likely N-dealkylation sites (N-methyl/N-ethyl adjacent to an activating group) is 1. The molecule has 0 bridgehead atoms. The highest BCUT2D eigenvalue weighted by molar-refractivity contribution is 9.10. The number of amides is 2. The maximum absolute atomic E-state index is 11.8. The van der Waals surface area contributed by atoms with Crippen LogP contribution in [0.1, 0.15) is 6.92 Å². The maximum Gasteiger partial charge on any atom is 0.240 e. The first-order valence-electron chi connectivity index (χ1n) is 6.35. The van der Waals surface area contributed by atoms with Crippen LogP contribution in [0, 0.1) is 0 Å². The molecule has 0 aliphatic carbocycles.